The minimum absolute atomic E-state index is 0.00203. The number of sulfone groups is 1. The van der Waals surface area contributed by atoms with E-state index in [1.807, 2.05) is 24.3 Å². The average Bonchev–Trinajstić information content (AvgIpc) is 3.42. The number of oxazole rings is 1. The molecule has 32 heavy (non-hydrogen) atoms. The van der Waals surface area contributed by atoms with Gasteiger partial charge >= 0.3 is 0 Å². The van der Waals surface area contributed by atoms with E-state index < -0.39 is 19.9 Å². The lowest BCUT2D eigenvalue weighted by molar-refractivity contribution is 0.288. The fraction of sp³-hybridized carbons (Fsp3) is 0.524. The Bertz CT molecular complexity index is 1360. The van der Waals surface area contributed by atoms with Crippen LogP contribution >= 0.6 is 0 Å². The van der Waals surface area contributed by atoms with Gasteiger partial charge in [0.15, 0.2) is 21.3 Å². The molecule has 5 rings (SSSR count). The molecule has 2 aromatic heterocycles. The highest BCUT2D eigenvalue weighted by molar-refractivity contribution is 7.91. The molecule has 4 heterocycles. The number of nitrogens with zero attached hydrogens (tertiary/aromatic N) is 4. The van der Waals surface area contributed by atoms with Crippen molar-refractivity contribution in [2.24, 2.45) is 0 Å². The molecule has 11 heteroatoms. The Kier molecular flexibility index (Phi) is 5.18. The molecule has 9 nitrogen and oxygen atoms in total. The molecule has 2 aliphatic heterocycles. The minimum Gasteiger partial charge on any atom is -0.440 e. The number of hydrogen-bond donors (Lipinski definition) is 0. The molecule has 2 unspecified atom stereocenters. The summed E-state index contributed by atoms with van der Waals surface area (Å²) in [4.78, 5) is 4.75. The van der Waals surface area contributed by atoms with Crippen LogP contribution in [0.15, 0.2) is 33.6 Å². The average molecular weight is 479 g/mol. The third-order valence-corrected chi connectivity index (χ3v) is 10.3. The van der Waals surface area contributed by atoms with Crippen LogP contribution in [0.4, 0.5) is 0 Å². The Morgan fingerprint density at radius 2 is 1.94 bits per heavy atom. The Balaban J connectivity index is 1.44. The van der Waals surface area contributed by atoms with E-state index in [-0.39, 0.29) is 34.9 Å². The molecule has 2 fully saturated rings. The second-order valence-electron chi connectivity index (χ2n) is 8.72. The molecular formula is C21H26N4O5S2. The maximum Gasteiger partial charge on any atom is 0.246 e. The van der Waals surface area contributed by atoms with Crippen LogP contribution in [0.25, 0.3) is 11.1 Å². The topological polar surface area (TPSA) is 115 Å². The lowest BCUT2D eigenvalue weighted by atomic mass is 10.00. The van der Waals surface area contributed by atoms with Crippen molar-refractivity contribution in [3.05, 3.63) is 41.5 Å². The van der Waals surface area contributed by atoms with Gasteiger partial charge < -0.3 is 4.42 Å². The number of sulfonamides is 1. The second kappa shape index (κ2) is 7.67. The zero-order valence-corrected chi connectivity index (χ0v) is 19.7. The third-order valence-electron chi connectivity index (χ3n) is 6.45. The maximum atomic E-state index is 13.6. The number of para-hydroxylation sites is 2. The number of benzene rings is 1. The van der Waals surface area contributed by atoms with Gasteiger partial charge in [-0.3, -0.25) is 4.68 Å². The highest BCUT2D eigenvalue weighted by Gasteiger charge is 2.38. The van der Waals surface area contributed by atoms with E-state index >= 15 is 0 Å². The van der Waals surface area contributed by atoms with Crippen molar-refractivity contribution in [3.63, 3.8) is 0 Å². The predicted octanol–water partition coefficient (Wildman–Crippen LogP) is 2.57. The number of rotatable bonds is 4. The molecule has 3 aromatic rings. The molecule has 0 aliphatic carbocycles. The Hall–Kier alpha value is -2.24. The summed E-state index contributed by atoms with van der Waals surface area (Å²) in [5.74, 6) is 0.543. The molecule has 1 aromatic carbocycles. The molecule has 0 spiro atoms. The molecule has 0 N–H and O–H groups in total. The lowest BCUT2D eigenvalue weighted by Gasteiger charge is -2.30. The monoisotopic (exact) mass is 478 g/mol. The Labute approximate surface area is 187 Å². The lowest BCUT2D eigenvalue weighted by Crippen LogP contribution is -2.39. The summed E-state index contributed by atoms with van der Waals surface area (Å²) in [6.07, 6.45) is 1.96. The molecule has 2 saturated heterocycles. The van der Waals surface area contributed by atoms with Crippen molar-refractivity contribution in [2.75, 3.05) is 24.6 Å². The summed E-state index contributed by atoms with van der Waals surface area (Å²) in [6.45, 7) is 4.08. The van der Waals surface area contributed by atoms with Crippen molar-refractivity contribution >= 4 is 31.0 Å². The molecular weight excluding hydrogens is 452 g/mol. The first-order chi connectivity index (χ1) is 15.2. The zero-order chi connectivity index (χ0) is 22.7. The van der Waals surface area contributed by atoms with Crippen LogP contribution in [0.5, 0.6) is 0 Å². The van der Waals surface area contributed by atoms with Gasteiger partial charge in [0.05, 0.1) is 28.9 Å². The molecule has 0 radical (unpaired) electrons. The molecule has 0 saturated carbocycles. The van der Waals surface area contributed by atoms with Crippen LogP contribution in [0.1, 0.15) is 48.5 Å². The van der Waals surface area contributed by atoms with E-state index in [1.165, 1.54) is 4.31 Å². The van der Waals surface area contributed by atoms with Crippen molar-refractivity contribution in [1.29, 1.82) is 0 Å². The van der Waals surface area contributed by atoms with Gasteiger partial charge in [0.25, 0.3) is 0 Å². The van der Waals surface area contributed by atoms with E-state index in [0.717, 1.165) is 11.9 Å². The van der Waals surface area contributed by atoms with Crippen LogP contribution in [-0.4, -0.2) is 60.5 Å². The summed E-state index contributed by atoms with van der Waals surface area (Å²) < 4.78 is 60.1. The maximum absolute atomic E-state index is 13.6. The SMILES string of the molecule is Cc1nn(C2CCS(=O)(=O)C2)c(C)c1S(=O)(=O)N1CCCC(c2nc3ccccc3o2)C1. The fourth-order valence-electron chi connectivity index (χ4n) is 4.90. The van der Waals surface area contributed by atoms with Crippen LogP contribution < -0.4 is 0 Å². The van der Waals surface area contributed by atoms with E-state index in [0.29, 0.717) is 42.2 Å². The number of piperidine rings is 1. The van der Waals surface area contributed by atoms with Gasteiger partial charge in [-0.1, -0.05) is 12.1 Å². The summed E-state index contributed by atoms with van der Waals surface area (Å²) in [6, 6.07) is 7.19. The largest absolute Gasteiger partial charge is 0.440 e. The van der Waals surface area contributed by atoms with Crippen LogP contribution in [-0.2, 0) is 19.9 Å². The van der Waals surface area contributed by atoms with Gasteiger partial charge in [-0.25, -0.2) is 21.8 Å². The van der Waals surface area contributed by atoms with Gasteiger partial charge in [-0.2, -0.15) is 9.40 Å². The van der Waals surface area contributed by atoms with Gasteiger partial charge in [0.1, 0.15) is 10.4 Å². The third kappa shape index (κ3) is 3.65. The van der Waals surface area contributed by atoms with E-state index in [1.54, 1.807) is 18.5 Å². The van der Waals surface area contributed by atoms with Crippen molar-refractivity contribution in [3.8, 4) is 0 Å². The fourth-order valence-corrected chi connectivity index (χ4v) is 8.48. The zero-order valence-electron chi connectivity index (χ0n) is 18.1. The normalized spacial score (nSPS) is 24.3. The van der Waals surface area contributed by atoms with Crippen molar-refractivity contribution < 1.29 is 21.3 Å². The van der Waals surface area contributed by atoms with E-state index in [2.05, 4.69) is 10.1 Å². The number of fused-ring (bicyclic) bond motifs is 1. The van der Waals surface area contributed by atoms with Gasteiger partial charge in [0.2, 0.25) is 10.0 Å². The van der Waals surface area contributed by atoms with Crippen LogP contribution in [0.3, 0.4) is 0 Å². The molecule has 0 amide bonds. The molecule has 2 aliphatic rings. The first-order valence-electron chi connectivity index (χ1n) is 10.8. The first kappa shape index (κ1) is 21.6. The number of aryl methyl sites for hydroxylation is 1. The standard InChI is InChI=1S/C21H26N4O5S2/c1-14-20(15(2)25(23-14)17-9-11-31(26,27)13-17)32(28,29)24-10-5-6-16(12-24)21-22-18-7-3-4-8-19(18)30-21/h3-4,7-8,16-17H,5-6,9-13H2,1-2H3. The first-order valence-corrected chi connectivity index (χ1v) is 14.0. The Morgan fingerprint density at radius 1 is 1.16 bits per heavy atom. The van der Waals surface area contributed by atoms with Crippen LogP contribution in [0.2, 0.25) is 0 Å². The number of hydrogen-bond acceptors (Lipinski definition) is 7. The highest BCUT2D eigenvalue weighted by atomic mass is 32.2. The summed E-state index contributed by atoms with van der Waals surface area (Å²) in [5.41, 5.74) is 2.35. The van der Waals surface area contributed by atoms with Crippen molar-refractivity contribution in [1.82, 2.24) is 19.1 Å². The Morgan fingerprint density at radius 3 is 2.66 bits per heavy atom. The number of aromatic nitrogens is 3. The van der Waals surface area contributed by atoms with Gasteiger partial charge in [-0.05, 0) is 45.2 Å². The predicted molar refractivity (Wildman–Crippen MR) is 119 cm³/mol. The smallest absolute Gasteiger partial charge is 0.246 e. The van der Waals surface area contributed by atoms with Gasteiger partial charge in [-0.15, -0.1) is 0 Å². The molecule has 2 atom stereocenters. The second-order valence-corrected chi connectivity index (χ2v) is 12.8. The summed E-state index contributed by atoms with van der Waals surface area (Å²) in [5, 5.41) is 4.44. The van der Waals surface area contributed by atoms with Crippen LogP contribution in [0, 0.1) is 13.8 Å². The van der Waals surface area contributed by atoms with Crippen molar-refractivity contribution in [2.45, 2.75) is 50.0 Å². The minimum atomic E-state index is -3.80. The quantitative estimate of drug-likeness (QED) is 0.566. The highest BCUT2D eigenvalue weighted by Crippen LogP contribution is 2.34. The molecule has 0 bridgehead atoms. The van der Waals surface area contributed by atoms with E-state index in [9.17, 15) is 16.8 Å². The van der Waals surface area contributed by atoms with E-state index in [4.69, 9.17) is 4.42 Å². The van der Waals surface area contributed by atoms with Gasteiger partial charge in [0, 0.05) is 19.0 Å². The summed E-state index contributed by atoms with van der Waals surface area (Å²) >= 11 is 0. The summed E-state index contributed by atoms with van der Waals surface area (Å²) in [7, 11) is -6.91. The molecule has 172 valence electrons.